The zero-order valence-electron chi connectivity index (χ0n) is 13.5. The monoisotopic (exact) mass is 338 g/mol. The number of benzene rings is 1. The van der Waals surface area contributed by atoms with E-state index < -0.39 is 42.9 Å². The SMILES string of the molecule is CC1(C)C=Cc2ccc(OC3OC(CO)C(O)C(O)C3O)cc2O1. The standard InChI is InChI=1S/C17H22O7/c1-17(2)6-5-9-3-4-10(7-11(9)24-17)22-16-15(21)14(20)13(19)12(8-18)23-16/h3-7,12-16,18-21H,8H2,1-2H3. The molecule has 3 rings (SSSR count). The van der Waals surface area contributed by atoms with Gasteiger partial charge in [0.25, 0.3) is 0 Å². The molecule has 0 amide bonds. The highest BCUT2D eigenvalue weighted by molar-refractivity contribution is 5.62. The lowest BCUT2D eigenvalue weighted by Crippen LogP contribution is -2.60. The molecule has 5 atom stereocenters. The van der Waals surface area contributed by atoms with E-state index in [4.69, 9.17) is 14.2 Å². The van der Waals surface area contributed by atoms with E-state index in [0.29, 0.717) is 11.5 Å². The summed E-state index contributed by atoms with van der Waals surface area (Å²) in [7, 11) is 0. The van der Waals surface area contributed by atoms with Crippen LogP contribution in [0.4, 0.5) is 0 Å². The van der Waals surface area contributed by atoms with Crippen molar-refractivity contribution in [1.29, 1.82) is 0 Å². The van der Waals surface area contributed by atoms with Gasteiger partial charge in [0.2, 0.25) is 6.29 Å². The van der Waals surface area contributed by atoms with Crippen molar-refractivity contribution in [3.8, 4) is 11.5 Å². The van der Waals surface area contributed by atoms with E-state index >= 15 is 0 Å². The molecule has 1 aromatic carbocycles. The third kappa shape index (κ3) is 3.26. The first kappa shape index (κ1) is 17.2. The second kappa shape index (κ2) is 6.34. The van der Waals surface area contributed by atoms with Crippen molar-refractivity contribution >= 4 is 6.08 Å². The number of hydrogen-bond donors (Lipinski definition) is 4. The normalized spacial score (nSPS) is 34.3. The van der Waals surface area contributed by atoms with Gasteiger partial charge in [0.1, 0.15) is 41.5 Å². The number of hydrogen-bond acceptors (Lipinski definition) is 7. The van der Waals surface area contributed by atoms with E-state index in [1.807, 2.05) is 26.0 Å². The van der Waals surface area contributed by atoms with Crippen LogP contribution in [0, 0.1) is 0 Å². The molecule has 24 heavy (non-hydrogen) atoms. The maximum Gasteiger partial charge on any atom is 0.229 e. The molecular formula is C17H22O7. The van der Waals surface area contributed by atoms with E-state index in [2.05, 4.69) is 0 Å². The lowest BCUT2D eigenvalue weighted by molar-refractivity contribution is -0.277. The molecule has 1 aromatic rings. The van der Waals surface area contributed by atoms with E-state index in [0.717, 1.165) is 5.56 Å². The summed E-state index contributed by atoms with van der Waals surface area (Å²) in [6.07, 6.45) is -2.66. The Morgan fingerprint density at radius 3 is 2.58 bits per heavy atom. The Balaban J connectivity index is 1.78. The third-order valence-corrected chi connectivity index (χ3v) is 4.12. The van der Waals surface area contributed by atoms with Crippen LogP contribution in [0.15, 0.2) is 24.3 Å². The minimum Gasteiger partial charge on any atom is -0.483 e. The van der Waals surface area contributed by atoms with Gasteiger partial charge in [-0.3, -0.25) is 0 Å². The molecule has 0 aromatic heterocycles. The van der Waals surface area contributed by atoms with Gasteiger partial charge in [0.05, 0.1) is 6.61 Å². The van der Waals surface area contributed by atoms with Crippen molar-refractivity contribution in [2.75, 3.05) is 6.61 Å². The van der Waals surface area contributed by atoms with Gasteiger partial charge in [-0.2, -0.15) is 0 Å². The molecule has 5 unspecified atom stereocenters. The first-order chi connectivity index (χ1) is 11.3. The maximum atomic E-state index is 10.0. The van der Waals surface area contributed by atoms with E-state index in [1.165, 1.54) is 0 Å². The number of rotatable bonds is 3. The molecule has 4 N–H and O–H groups in total. The van der Waals surface area contributed by atoms with Crippen LogP contribution < -0.4 is 9.47 Å². The zero-order chi connectivity index (χ0) is 17.5. The Labute approximate surface area is 139 Å². The van der Waals surface area contributed by atoms with E-state index in [9.17, 15) is 20.4 Å². The van der Waals surface area contributed by atoms with Crippen molar-refractivity contribution in [2.45, 2.75) is 50.2 Å². The van der Waals surface area contributed by atoms with Crippen LogP contribution in [0.3, 0.4) is 0 Å². The number of fused-ring (bicyclic) bond motifs is 1. The summed E-state index contributed by atoms with van der Waals surface area (Å²) in [5, 5.41) is 38.8. The second-order valence-electron chi connectivity index (χ2n) is 6.55. The predicted molar refractivity (Wildman–Crippen MR) is 84.6 cm³/mol. The summed E-state index contributed by atoms with van der Waals surface area (Å²) in [6, 6.07) is 5.16. The molecule has 0 saturated carbocycles. The fraction of sp³-hybridized carbons (Fsp3) is 0.529. The molecule has 132 valence electrons. The molecule has 0 spiro atoms. The van der Waals surface area contributed by atoms with Crippen LogP contribution in [0.2, 0.25) is 0 Å². The summed E-state index contributed by atoms with van der Waals surface area (Å²) < 4.78 is 16.8. The average Bonchev–Trinajstić information content (AvgIpc) is 2.54. The fourth-order valence-electron chi connectivity index (χ4n) is 2.72. The van der Waals surface area contributed by atoms with Gasteiger partial charge in [0, 0.05) is 11.6 Å². The predicted octanol–water partition coefficient (Wildman–Crippen LogP) is 0.0495. The molecule has 2 aliphatic heterocycles. The lowest BCUT2D eigenvalue weighted by atomic mass is 9.99. The van der Waals surface area contributed by atoms with E-state index in [1.54, 1.807) is 18.2 Å². The van der Waals surface area contributed by atoms with Crippen LogP contribution in [-0.2, 0) is 4.74 Å². The Hall–Kier alpha value is -1.64. The maximum absolute atomic E-state index is 10.0. The molecule has 2 heterocycles. The van der Waals surface area contributed by atoms with E-state index in [-0.39, 0.29) is 0 Å². The van der Waals surface area contributed by atoms with Crippen LogP contribution in [-0.4, -0.2) is 63.3 Å². The molecule has 2 aliphatic rings. The Morgan fingerprint density at radius 1 is 1.12 bits per heavy atom. The van der Waals surface area contributed by atoms with Gasteiger partial charge in [-0.05, 0) is 32.1 Å². The van der Waals surface area contributed by atoms with Gasteiger partial charge in [-0.25, -0.2) is 0 Å². The molecule has 7 heteroatoms. The van der Waals surface area contributed by atoms with Gasteiger partial charge in [-0.1, -0.05) is 6.08 Å². The van der Waals surface area contributed by atoms with Crippen LogP contribution in [0.1, 0.15) is 19.4 Å². The highest BCUT2D eigenvalue weighted by Gasteiger charge is 2.44. The van der Waals surface area contributed by atoms with Crippen molar-refractivity contribution in [1.82, 2.24) is 0 Å². The molecule has 0 radical (unpaired) electrons. The second-order valence-corrected chi connectivity index (χ2v) is 6.55. The van der Waals surface area contributed by atoms with Crippen molar-refractivity contribution in [2.24, 2.45) is 0 Å². The topological polar surface area (TPSA) is 109 Å². The molecule has 0 aliphatic carbocycles. The molecule has 0 bridgehead atoms. The molecule has 7 nitrogen and oxygen atoms in total. The van der Waals surface area contributed by atoms with Gasteiger partial charge in [0.15, 0.2) is 0 Å². The highest BCUT2D eigenvalue weighted by atomic mass is 16.7. The third-order valence-electron chi connectivity index (χ3n) is 4.12. The fourth-order valence-corrected chi connectivity index (χ4v) is 2.72. The van der Waals surface area contributed by atoms with Gasteiger partial charge in [-0.15, -0.1) is 0 Å². The van der Waals surface area contributed by atoms with Gasteiger partial charge < -0.3 is 34.6 Å². The highest BCUT2D eigenvalue weighted by Crippen LogP contribution is 2.34. The van der Waals surface area contributed by atoms with Crippen LogP contribution >= 0.6 is 0 Å². The Morgan fingerprint density at radius 2 is 1.88 bits per heavy atom. The average molecular weight is 338 g/mol. The number of aliphatic hydroxyl groups excluding tert-OH is 4. The quantitative estimate of drug-likeness (QED) is 0.617. The summed E-state index contributed by atoms with van der Waals surface area (Å²) >= 11 is 0. The van der Waals surface area contributed by atoms with Crippen molar-refractivity contribution in [3.05, 3.63) is 29.8 Å². The Kier molecular flexibility index (Phi) is 4.54. The number of ether oxygens (including phenoxy) is 3. The zero-order valence-corrected chi connectivity index (χ0v) is 13.5. The summed E-state index contributed by atoms with van der Waals surface area (Å²) in [5.74, 6) is 1.01. The first-order valence-electron chi connectivity index (χ1n) is 7.80. The molecule has 1 saturated heterocycles. The smallest absolute Gasteiger partial charge is 0.229 e. The van der Waals surface area contributed by atoms with Gasteiger partial charge >= 0.3 is 0 Å². The Bertz CT molecular complexity index is 625. The molecular weight excluding hydrogens is 316 g/mol. The molecule has 1 fully saturated rings. The van der Waals surface area contributed by atoms with Crippen LogP contribution in [0.25, 0.3) is 6.08 Å². The minimum atomic E-state index is -1.48. The minimum absolute atomic E-state index is 0.379. The summed E-state index contributed by atoms with van der Waals surface area (Å²) in [4.78, 5) is 0. The van der Waals surface area contributed by atoms with Crippen molar-refractivity contribution < 1.29 is 34.6 Å². The summed E-state index contributed by atoms with van der Waals surface area (Å²) in [6.45, 7) is 3.35. The largest absolute Gasteiger partial charge is 0.483 e. The first-order valence-corrected chi connectivity index (χ1v) is 7.80. The number of aliphatic hydroxyl groups is 4. The summed E-state index contributed by atoms with van der Waals surface area (Å²) in [5.41, 5.74) is 0.463. The van der Waals surface area contributed by atoms with Crippen LogP contribution in [0.5, 0.6) is 11.5 Å². The lowest BCUT2D eigenvalue weighted by Gasteiger charge is -2.39. The van der Waals surface area contributed by atoms with Crippen molar-refractivity contribution in [3.63, 3.8) is 0 Å².